The molecule has 1 N–H and O–H groups in total. The van der Waals surface area contributed by atoms with Crippen LogP contribution < -0.4 is 4.74 Å². The molecule has 0 aliphatic carbocycles. The zero-order valence-electron chi connectivity index (χ0n) is 31.2. The number of hydrogen-bond donors (Lipinski definition) is 1. The molecule has 0 saturated heterocycles. The van der Waals surface area contributed by atoms with Gasteiger partial charge in [-0.25, -0.2) is 0 Å². The van der Waals surface area contributed by atoms with E-state index in [9.17, 15) is 9.90 Å². The summed E-state index contributed by atoms with van der Waals surface area (Å²) in [4.78, 5) is 18.1. The van der Waals surface area contributed by atoms with Crippen molar-refractivity contribution in [1.29, 1.82) is 0 Å². The van der Waals surface area contributed by atoms with Gasteiger partial charge in [0.15, 0.2) is 5.78 Å². The number of aryl methyl sites for hydroxylation is 1. The number of aliphatic hydroxyl groups excluding tert-OH is 1. The second kappa shape index (κ2) is 15.6. The molecular weight excluding hydrogens is 791 g/mol. The number of pyridine rings is 1. The van der Waals surface area contributed by atoms with E-state index in [-0.39, 0.29) is 59.9 Å². The minimum Gasteiger partial charge on any atom is -0.521 e. The Morgan fingerprint density at radius 1 is 0.979 bits per heavy atom. The number of ketones is 1. The molecule has 0 spiro atoms. The van der Waals surface area contributed by atoms with Crippen LogP contribution in [0.5, 0.6) is 5.75 Å². The van der Waals surface area contributed by atoms with Crippen LogP contribution in [0.3, 0.4) is 0 Å². The van der Waals surface area contributed by atoms with Crippen molar-refractivity contribution in [3.63, 3.8) is 0 Å². The van der Waals surface area contributed by atoms with Crippen LogP contribution in [-0.4, -0.2) is 21.5 Å². The van der Waals surface area contributed by atoms with Crippen LogP contribution in [0.2, 0.25) is 0 Å². The van der Waals surface area contributed by atoms with Gasteiger partial charge in [0.1, 0.15) is 5.60 Å². The van der Waals surface area contributed by atoms with Gasteiger partial charge in [-0.3, -0.25) is 9.78 Å². The number of aliphatic hydroxyl groups is 1. The standard InChI is InChI=1S/C29H32NOS.C13H24O2.Ir/c1-17-19-13-14-30-24(26(19)32-22(17)16-27(2,3)4)21-15-18-11-9-10-12-20(18)23-25(21)31-29(7,8)28(23,5)6;1-5-10(6-2)12(14)9-13(15)11(7-3)8-4;/h9-14H,16H2,1-8H3;9-11,14H,5-8H2,1-4H3;/q-1;;/b;12-9-;. The smallest absolute Gasteiger partial charge is 0.162 e. The number of benzene rings is 2. The zero-order valence-corrected chi connectivity index (χ0v) is 34.4. The average molecular weight is 847 g/mol. The van der Waals surface area contributed by atoms with Gasteiger partial charge in [0.2, 0.25) is 0 Å². The molecule has 0 unspecified atom stereocenters. The summed E-state index contributed by atoms with van der Waals surface area (Å²) in [5, 5.41) is 13.4. The summed E-state index contributed by atoms with van der Waals surface area (Å²) in [6, 6.07) is 14.4. The number of rotatable bonds is 9. The van der Waals surface area contributed by atoms with Crippen LogP contribution in [0, 0.1) is 30.2 Å². The molecule has 6 heteroatoms. The fraction of sp³-hybridized carbons (Fsp3) is 0.524. The number of thiophene rings is 1. The number of carbonyl (C=O) groups excluding carboxylic acids is 1. The van der Waals surface area contributed by atoms with E-state index in [1.165, 1.54) is 37.6 Å². The van der Waals surface area contributed by atoms with Crippen molar-refractivity contribution in [2.24, 2.45) is 17.3 Å². The van der Waals surface area contributed by atoms with Crippen LogP contribution >= 0.6 is 11.3 Å². The van der Waals surface area contributed by atoms with E-state index in [1.807, 2.05) is 45.2 Å². The number of ether oxygens (including phenoxy) is 1. The van der Waals surface area contributed by atoms with Crippen molar-refractivity contribution in [3.8, 4) is 17.0 Å². The SMILES string of the molecule is CCC(CC)C(=O)/C=C(\O)C(CC)CC.Cc1c(CC(C)(C)C)sc2c(-c3[c-]c4ccccc4c4c3OC(C)(C)C4(C)C)nccc12.[Ir]. The summed E-state index contributed by atoms with van der Waals surface area (Å²) < 4.78 is 7.94. The van der Waals surface area contributed by atoms with Crippen LogP contribution in [0.4, 0.5) is 0 Å². The van der Waals surface area contributed by atoms with Gasteiger partial charge in [-0.2, -0.15) is 0 Å². The second-order valence-electron chi connectivity index (χ2n) is 15.4. The third kappa shape index (κ3) is 7.92. The fourth-order valence-corrected chi connectivity index (χ4v) is 8.22. The molecule has 263 valence electrons. The summed E-state index contributed by atoms with van der Waals surface area (Å²) >= 11 is 1.88. The second-order valence-corrected chi connectivity index (χ2v) is 16.5. The summed E-state index contributed by atoms with van der Waals surface area (Å²) in [6.45, 7) is 26.2. The number of carbonyl (C=O) groups is 1. The Bertz CT molecular complexity index is 1770. The monoisotopic (exact) mass is 847 g/mol. The van der Waals surface area contributed by atoms with Crippen molar-refractivity contribution >= 4 is 38.0 Å². The maximum atomic E-state index is 11.7. The first-order valence-electron chi connectivity index (χ1n) is 17.5. The van der Waals surface area contributed by atoms with E-state index < -0.39 is 0 Å². The normalized spacial score (nSPS) is 15.2. The molecule has 5 rings (SSSR count). The topological polar surface area (TPSA) is 59.4 Å². The van der Waals surface area contributed by atoms with Gasteiger partial charge in [0, 0.05) is 64.9 Å². The van der Waals surface area contributed by atoms with Gasteiger partial charge < -0.3 is 9.84 Å². The van der Waals surface area contributed by atoms with E-state index in [0.717, 1.165) is 54.5 Å². The van der Waals surface area contributed by atoms with Crippen molar-refractivity contribution in [1.82, 2.24) is 4.98 Å². The molecule has 0 saturated carbocycles. The predicted molar refractivity (Wildman–Crippen MR) is 201 cm³/mol. The third-order valence-electron chi connectivity index (χ3n) is 10.4. The van der Waals surface area contributed by atoms with Gasteiger partial charge in [0.25, 0.3) is 0 Å². The average Bonchev–Trinajstić information content (AvgIpc) is 3.41. The Labute approximate surface area is 307 Å². The van der Waals surface area contributed by atoms with E-state index in [2.05, 4.69) is 91.8 Å². The molecule has 4 nitrogen and oxygen atoms in total. The van der Waals surface area contributed by atoms with E-state index in [0.29, 0.717) is 0 Å². The molecule has 1 aliphatic rings. The predicted octanol–water partition coefficient (Wildman–Crippen LogP) is 12.1. The Hall–Kier alpha value is -2.53. The molecule has 0 fully saturated rings. The van der Waals surface area contributed by atoms with Gasteiger partial charge in [0.05, 0.1) is 11.5 Å². The van der Waals surface area contributed by atoms with Crippen LogP contribution in [0.1, 0.15) is 118 Å². The quantitative estimate of drug-likeness (QED) is 0.104. The molecule has 0 amide bonds. The maximum Gasteiger partial charge on any atom is 0.162 e. The Morgan fingerprint density at radius 3 is 2.17 bits per heavy atom. The molecule has 3 heterocycles. The molecule has 48 heavy (non-hydrogen) atoms. The number of nitrogens with zero attached hydrogens (tertiary/aromatic N) is 1. The summed E-state index contributed by atoms with van der Waals surface area (Å²) in [7, 11) is 0. The first-order valence-corrected chi connectivity index (χ1v) is 18.3. The van der Waals surface area contributed by atoms with Gasteiger partial charge in [-0.15, -0.1) is 28.9 Å². The van der Waals surface area contributed by atoms with E-state index in [4.69, 9.17) is 9.72 Å². The fourth-order valence-electron chi connectivity index (χ4n) is 6.63. The third-order valence-corrected chi connectivity index (χ3v) is 11.7. The van der Waals surface area contributed by atoms with E-state index >= 15 is 0 Å². The largest absolute Gasteiger partial charge is 0.521 e. The summed E-state index contributed by atoms with van der Waals surface area (Å²) in [6.07, 6.45) is 7.91. The number of hydrogen-bond acceptors (Lipinski definition) is 5. The minimum absolute atomic E-state index is 0. The molecule has 1 aliphatic heterocycles. The Kier molecular flexibility index (Phi) is 12.9. The minimum atomic E-state index is -0.321. The van der Waals surface area contributed by atoms with Crippen LogP contribution in [0.25, 0.3) is 32.1 Å². The van der Waals surface area contributed by atoms with E-state index in [1.54, 1.807) is 0 Å². The van der Waals surface area contributed by atoms with Gasteiger partial charge >= 0.3 is 0 Å². The van der Waals surface area contributed by atoms with Crippen molar-refractivity contribution in [3.05, 3.63) is 70.4 Å². The molecule has 2 aromatic carbocycles. The number of allylic oxidation sites excluding steroid dienone is 2. The maximum absolute atomic E-state index is 11.7. The van der Waals surface area contributed by atoms with Crippen LogP contribution in [0.15, 0.2) is 48.4 Å². The number of aromatic nitrogens is 1. The summed E-state index contributed by atoms with van der Waals surface area (Å²) in [5.74, 6) is 1.49. The van der Waals surface area contributed by atoms with Crippen LogP contribution in [-0.2, 0) is 36.7 Å². The first-order chi connectivity index (χ1) is 22.0. The van der Waals surface area contributed by atoms with Gasteiger partial charge in [-0.1, -0.05) is 97.0 Å². The summed E-state index contributed by atoms with van der Waals surface area (Å²) in [5.41, 5.74) is 4.42. The van der Waals surface area contributed by atoms with Crippen molar-refractivity contribution in [2.75, 3.05) is 0 Å². The molecule has 4 aromatic rings. The molecule has 2 aromatic heterocycles. The number of fused-ring (bicyclic) bond motifs is 4. The molecule has 0 atom stereocenters. The van der Waals surface area contributed by atoms with Gasteiger partial charge in [-0.05, 0) is 75.3 Å². The Morgan fingerprint density at radius 2 is 1.58 bits per heavy atom. The molecule has 0 bridgehead atoms. The molecular formula is C42H56IrNO3S-. The molecule has 1 radical (unpaired) electrons. The van der Waals surface area contributed by atoms with Crippen molar-refractivity contribution in [2.45, 2.75) is 126 Å². The zero-order chi connectivity index (χ0) is 34.9. The Balaban J connectivity index is 0.000000334. The van der Waals surface area contributed by atoms with Crippen molar-refractivity contribution < 1.29 is 34.7 Å². The first kappa shape index (κ1) is 39.9.